The Balaban J connectivity index is 1.51. The number of hydrogen-bond acceptors (Lipinski definition) is 7. The highest BCUT2D eigenvalue weighted by atomic mass is 32.2. The van der Waals surface area contributed by atoms with Crippen LogP contribution in [0.1, 0.15) is 11.1 Å². The lowest BCUT2D eigenvalue weighted by molar-refractivity contribution is -0.122. The lowest BCUT2D eigenvalue weighted by Crippen LogP contribution is -2.28. The fourth-order valence-electron chi connectivity index (χ4n) is 3.06. The van der Waals surface area contributed by atoms with Crippen molar-refractivity contribution in [2.75, 3.05) is 12.0 Å². The molecule has 0 aliphatic rings. The van der Waals surface area contributed by atoms with Crippen LogP contribution < -0.4 is 11.1 Å². The Bertz CT molecular complexity index is 1230. The normalized spacial score (nSPS) is 11.0. The number of nitrogens with zero attached hydrogens (tertiary/aromatic N) is 4. The average Bonchev–Trinajstić information content (AvgIpc) is 3.38. The Kier molecular flexibility index (Phi) is 6.22. The Morgan fingerprint density at radius 2 is 1.91 bits per heavy atom. The van der Waals surface area contributed by atoms with E-state index in [4.69, 9.17) is 10.3 Å². The number of carbonyl (C=O) groups is 1. The summed E-state index contributed by atoms with van der Waals surface area (Å²) in [6.45, 7) is 2.19. The van der Waals surface area contributed by atoms with Gasteiger partial charge in [-0.25, -0.2) is 9.07 Å². The molecule has 0 aliphatic carbocycles. The zero-order chi connectivity index (χ0) is 22.7. The molecule has 2 aromatic heterocycles. The number of thioether (sulfide) groups is 1. The number of aryl methyl sites for hydroxylation is 1. The maximum Gasteiger partial charge on any atom is 0.264 e. The summed E-state index contributed by atoms with van der Waals surface area (Å²) in [5.41, 5.74) is 9.52. The van der Waals surface area contributed by atoms with E-state index >= 15 is 0 Å². The Morgan fingerprint density at radius 3 is 2.59 bits per heavy atom. The van der Waals surface area contributed by atoms with Crippen molar-refractivity contribution in [3.05, 3.63) is 65.5 Å². The second kappa shape index (κ2) is 9.23. The highest BCUT2D eigenvalue weighted by Gasteiger charge is 2.23. The first-order chi connectivity index (χ1) is 15.4. The van der Waals surface area contributed by atoms with Gasteiger partial charge in [0.15, 0.2) is 0 Å². The summed E-state index contributed by atoms with van der Waals surface area (Å²) in [5, 5.41) is 11.8. The highest BCUT2D eigenvalue weighted by Crippen LogP contribution is 2.34. The molecule has 0 fully saturated rings. The molecule has 164 valence electrons. The molecule has 8 nitrogen and oxygen atoms in total. The topological polar surface area (TPSA) is 112 Å². The molecule has 0 radical (unpaired) electrons. The van der Waals surface area contributed by atoms with Gasteiger partial charge in [-0.05, 0) is 30.9 Å². The van der Waals surface area contributed by atoms with Crippen LogP contribution >= 0.6 is 11.8 Å². The van der Waals surface area contributed by atoms with E-state index in [1.807, 2.05) is 37.4 Å². The van der Waals surface area contributed by atoms with Gasteiger partial charge in [-0.15, -0.1) is 11.8 Å². The van der Waals surface area contributed by atoms with Gasteiger partial charge in [0.2, 0.25) is 11.7 Å². The summed E-state index contributed by atoms with van der Waals surface area (Å²) in [4.78, 5) is 16.9. The molecule has 1 amide bonds. The largest absolute Gasteiger partial charge is 0.383 e. The first-order valence-corrected chi connectivity index (χ1v) is 11.0. The molecule has 4 aromatic rings. The number of halogens is 1. The van der Waals surface area contributed by atoms with Crippen molar-refractivity contribution < 1.29 is 13.7 Å². The fraction of sp³-hybridized carbons (Fsp3) is 0.182. The molecule has 0 atom stereocenters. The van der Waals surface area contributed by atoms with E-state index in [9.17, 15) is 9.18 Å². The first kappa shape index (κ1) is 21.6. The smallest absolute Gasteiger partial charge is 0.264 e. The van der Waals surface area contributed by atoms with E-state index in [2.05, 4.69) is 20.6 Å². The van der Waals surface area contributed by atoms with E-state index in [0.717, 1.165) is 16.7 Å². The molecule has 0 aliphatic heterocycles. The molecule has 0 unspecified atom stereocenters. The number of nitrogens with two attached hydrogens (primary N) is 1. The standard InChI is InChI=1S/C22H21FN6O2S/c1-13-3-7-15(8-4-13)20-26-21(31-28-20)18-19(24)29(27-22(18)32-2)12-17(30)25-11-14-5-9-16(23)10-6-14/h3-10H,11-12,24H2,1-2H3,(H,25,30). The molecule has 0 bridgehead atoms. The number of nitrogen functional groups attached to an aromatic ring is 1. The van der Waals surface area contributed by atoms with Crippen LogP contribution in [-0.2, 0) is 17.9 Å². The molecule has 0 saturated carbocycles. The van der Waals surface area contributed by atoms with Crippen LogP contribution in [0.25, 0.3) is 22.8 Å². The lowest BCUT2D eigenvalue weighted by atomic mass is 10.1. The van der Waals surface area contributed by atoms with Crippen LogP contribution in [-0.4, -0.2) is 32.1 Å². The van der Waals surface area contributed by atoms with Crippen molar-refractivity contribution >= 4 is 23.5 Å². The second-order valence-electron chi connectivity index (χ2n) is 7.12. The number of aromatic nitrogens is 4. The van der Waals surface area contributed by atoms with E-state index in [0.29, 0.717) is 16.4 Å². The Hall–Kier alpha value is -3.66. The van der Waals surface area contributed by atoms with Crippen LogP contribution in [0.3, 0.4) is 0 Å². The van der Waals surface area contributed by atoms with Crippen molar-refractivity contribution in [3.63, 3.8) is 0 Å². The minimum Gasteiger partial charge on any atom is -0.383 e. The Morgan fingerprint density at radius 1 is 1.19 bits per heavy atom. The maximum absolute atomic E-state index is 13.0. The van der Waals surface area contributed by atoms with Crippen LogP contribution in [0.4, 0.5) is 10.2 Å². The molecule has 10 heteroatoms. The van der Waals surface area contributed by atoms with Gasteiger partial charge in [0, 0.05) is 12.1 Å². The van der Waals surface area contributed by atoms with Gasteiger partial charge in [-0.2, -0.15) is 10.1 Å². The summed E-state index contributed by atoms with van der Waals surface area (Å²) < 4.78 is 19.9. The monoisotopic (exact) mass is 452 g/mol. The van der Waals surface area contributed by atoms with Crippen LogP contribution in [0, 0.1) is 12.7 Å². The summed E-state index contributed by atoms with van der Waals surface area (Å²) >= 11 is 1.36. The molecule has 32 heavy (non-hydrogen) atoms. The van der Waals surface area contributed by atoms with Crippen molar-refractivity contribution in [3.8, 4) is 22.8 Å². The van der Waals surface area contributed by atoms with Crippen LogP contribution in [0.5, 0.6) is 0 Å². The minimum atomic E-state index is -0.326. The number of nitrogens with one attached hydrogen (secondary N) is 1. The predicted molar refractivity (Wildman–Crippen MR) is 120 cm³/mol. The summed E-state index contributed by atoms with van der Waals surface area (Å²) in [6, 6.07) is 13.7. The fourth-order valence-corrected chi connectivity index (χ4v) is 3.63. The minimum absolute atomic E-state index is 0.0838. The third kappa shape index (κ3) is 4.65. The molecular weight excluding hydrogens is 431 g/mol. The third-order valence-electron chi connectivity index (χ3n) is 4.80. The summed E-state index contributed by atoms with van der Waals surface area (Å²) in [7, 11) is 0. The molecule has 3 N–H and O–H groups in total. The SMILES string of the molecule is CSc1nn(CC(=O)NCc2ccc(F)cc2)c(N)c1-c1nc(-c2ccc(C)cc2)no1. The number of rotatable bonds is 7. The van der Waals surface area contributed by atoms with Crippen molar-refractivity contribution in [1.82, 2.24) is 25.2 Å². The number of benzene rings is 2. The highest BCUT2D eigenvalue weighted by molar-refractivity contribution is 7.98. The van der Waals surface area contributed by atoms with E-state index in [1.54, 1.807) is 12.1 Å². The molecular formula is C22H21FN6O2S. The zero-order valence-electron chi connectivity index (χ0n) is 17.5. The van der Waals surface area contributed by atoms with Crippen molar-refractivity contribution in [2.45, 2.75) is 25.0 Å². The van der Waals surface area contributed by atoms with Gasteiger partial charge in [-0.1, -0.05) is 47.1 Å². The maximum atomic E-state index is 13.0. The van der Waals surface area contributed by atoms with Crippen LogP contribution in [0.15, 0.2) is 58.1 Å². The van der Waals surface area contributed by atoms with Crippen molar-refractivity contribution in [2.24, 2.45) is 0 Å². The molecule has 0 saturated heterocycles. The van der Waals surface area contributed by atoms with E-state index < -0.39 is 0 Å². The summed E-state index contributed by atoms with van der Waals surface area (Å²) in [6.07, 6.45) is 1.85. The van der Waals surface area contributed by atoms with Gasteiger partial charge in [0.25, 0.3) is 5.89 Å². The molecule has 2 heterocycles. The average molecular weight is 453 g/mol. The summed E-state index contributed by atoms with van der Waals surface area (Å²) in [5.74, 6) is 0.323. The lowest BCUT2D eigenvalue weighted by Gasteiger charge is -2.07. The third-order valence-corrected chi connectivity index (χ3v) is 5.47. The van der Waals surface area contributed by atoms with Gasteiger partial charge in [0.05, 0.1) is 0 Å². The van der Waals surface area contributed by atoms with E-state index in [-0.39, 0.29) is 36.5 Å². The number of anilines is 1. The van der Waals surface area contributed by atoms with Gasteiger partial charge in [-0.3, -0.25) is 4.79 Å². The zero-order valence-corrected chi connectivity index (χ0v) is 18.3. The molecule has 2 aromatic carbocycles. The predicted octanol–water partition coefficient (Wildman–Crippen LogP) is 3.67. The molecule has 4 rings (SSSR count). The van der Waals surface area contributed by atoms with E-state index in [1.165, 1.54) is 28.6 Å². The van der Waals surface area contributed by atoms with Crippen molar-refractivity contribution in [1.29, 1.82) is 0 Å². The van der Waals surface area contributed by atoms with Gasteiger partial charge in [0.1, 0.15) is 28.8 Å². The number of carbonyl (C=O) groups excluding carboxylic acids is 1. The number of amides is 1. The Labute approximate surface area is 188 Å². The quantitative estimate of drug-likeness (QED) is 0.412. The number of hydrogen-bond donors (Lipinski definition) is 2. The van der Waals surface area contributed by atoms with Crippen LogP contribution in [0.2, 0.25) is 0 Å². The van der Waals surface area contributed by atoms with Gasteiger partial charge >= 0.3 is 0 Å². The molecule has 0 spiro atoms. The van der Waals surface area contributed by atoms with Gasteiger partial charge < -0.3 is 15.6 Å². The first-order valence-electron chi connectivity index (χ1n) is 9.77. The second-order valence-corrected chi connectivity index (χ2v) is 7.91.